The van der Waals surface area contributed by atoms with Crippen molar-refractivity contribution in [3.05, 3.63) is 35.9 Å². The quantitative estimate of drug-likeness (QED) is 0.750. The van der Waals surface area contributed by atoms with Crippen LogP contribution in [0.15, 0.2) is 30.3 Å². The summed E-state index contributed by atoms with van der Waals surface area (Å²) in [5.74, 6) is -0.189. The summed E-state index contributed by atoms with van der Waals surface area (Å²) in [6.07, 6.45) is 0. The summed E-state index contributed by atoms with van der Waals surface area (Å²) in [6.45, 7) is 6.10. The first kappa shape index (κ1) is 17.2. The Kier molecular flexibility index (Phi) is 6.88. The van der Waals surface area contributed by atoms with Gasteiger partial charge in [-0.3, -0.25) is 10.1 Å². The van der Waals surface area contributed by atoms with Crippen molar-refractivity contribution in [1.82, 2.24) is 10.6 Å². The van der Waals surface area contributed by atoms with Crippen LogP contribution in [-0.2, 0) is 14.3 Å². The van der Waals surface area contributed by atoms with Crippen LogP contribution in [0.25, 0.3) is 0 Å². The predicted molar refractivity (Wildman–Crippen MR) is 81.6 cm³/mol. The maximum absolute atomic E-state index is 11.9. The third kappa shape index (κ3) is 5.55. The van der Waals surface area contributed by atoms with E-state index in [0.29, 0.717) is 5.92 Å². The summed E-state index contributed by atoms with van der Waals surface area (Å²) in [5.41, 5.74) is 0.772. The molecule has 0 aliphatic carbocycles. The molecule has 0 saturated carbocycles. The Morgan fingerprint density at radius 2 is 1.76 bits per heavy atom. The average molecular weight is 292 g/mol. The molecule has 0 fully saturated rings. The molecule has 2 unspecified atom stereocenters. The maximum atomic E-state index is 11.9. The van der Waals surface area contributed by atoms with Crippen LogP contribution in [0.5, 0.6) is 0 Å². The Morgan fingerprint density at radius 3 is 2.29 bits per heavy atom. The lowest BCUT2D eigenvalue weighted by Gasteiger charge is -2.20. The predicted octanol–water partition coefficient (Wildman–Crippen LogP) is 1.65. The molecule has 116 valence electrons. The highest BCUT2D eigenvalue weighted by atomic mass is 16.5. The molecule has 1 amide bonds. The molecule has 0 aromatic heterocycles. The number of esters is 1. The van der Waals surface area contributed by atoms with E-state index < -0.39 is 12.0 Å². The fourth-order valence-electron chi connectivity index (χ4n) is 1.77. The van der Waals surface area contributed by atoms with E-state index in [1.165, 1.54) is 7.11 Å². The van der Waals surface area contributed by atoms with E-state index in [0.717, 1.165) is 5.56 Å². The molecule has 0 aliphatic rings. The lowest BCUT2D eigenvalue weighted by Crippen LogP contribution is -2.43. The van der Waals surface area contributed by atoms with Crippen LogP contribution in [0.4, 0.5) is 0 Å². The number of ether oxygens (including phenoxy) is 1. The van der Waals surface area contributed by atoms with Gasteiger partial charge < -0.3 is 10.1 Å². The minimum absolute atomic E-state index is 0.0612. The van der Waals surface area contributed by atoms with Crippen molar-refractivity contribution >= 4 is 11.9 Å². The smallest absolute Gasteiger partial charge is 0.327 e. The van der Waals surface area contributed by atoms with E-state index >= 15 is 0 Å². The summed E-state index contributed by atoms with van der Waals surface area (Å²) >= 11 is 0. The lowest BCUT2D eigenvalue weighted by atomic mass is 10.1. The molecule has 0 aliphatic heterocycles. The van der Waals surface area contributed by atoms with Crippen molar-refractivity contribution < 1.29 is 14.3 Å². The van der Waals surface area contributed by atoms with Gasteiger partial charge in [-0.1, -0.05) is 44.2 Å². The minimum Gasteiger partial charge on any atom is -0.468 e. The molecule has 0 heterocycles. The van der Waals surface area contributed by atoms with E-state index in [-0.39, 0.29) is 18.5 Å². The standard InChI is InChI=1S/C16H24N2O3/c1-11(2)12(3)18-14(19)10-17-15(16(20)21-4)13-8-6-5-7-9-13/h5-9,11-12,15,17H,10H2,1-4H3,(H,18,19). The number of carbonyl (C=O) groups excluding carboxylic acids is 2. The van der Waals surface area contributed by atoms with Gasteiger partial charge in [-0.05, 0) is 18.4 Å². The summed E-state index contributed by atoms with van der Waals surface area (Å²) in [6, 6.07) is 8.65. The summed E-state index contributed by atoms with van der Waals surface area (Å²) < 4.78 is 4.79. The first-order valence-corrected chi connectivity index (χ1v) is 7.11. The van der Waals surface area contributed by atoms with Crippen LogP contribution in [0.1, 0.15) is 32.4 Å². The fraction of sp³-hybridized carbons (Fsp3) is 0.500. The van der Waals surface area contributed by atoms with E-state index in [2.05, 4.69) is 10.6 Å². The molecular formula is C16H24N2O3. The molecule has 1 aromatic carbocycles. The Labute approximate surface area is 126 Å². The second kappa shape index (κ2) is 8.42. The molecule has 0 bridgehead atoms. The van der Waals surface area contributed by atoms with Gasteiger partial charge in [0.15, 0.2) is 0 Å². The Morgan fingerprint density at radius 1 is 1.14 bits per heavy atom. The highest BCUT2D eigenvalue weighted by Gasteiger charge is 2.22. The first-order valence-electron chi connectivity index (χ1n) is 7.11. The molecule has 0 spiro atoms. The van der Waals surface area contributed by atoms with Crippen molar-refractivity contribution in [2.24, 2.45) is 5.92 Å². The van der Waals surface area contributed by atoms with Gasteiger partial charge >= 0.3 is 5.97 Å². The zero-order chi connectivity index (χ0) is 15.8. The van der Waals surface area contributed by atoms with Gasteiger partial charge in [0.05, 0.1) is 13.7 Å². The van der Waals surface area contributed by atoms with Gasteiger partial charge in [-0.25, -0.2) is 4.79 Å². The zero-order valence-corrected chi connectivity index (χ0v) is 13.1. The molecular weight excluding hydrogens is 268 g/mol. The molecule has 1 rings (SSSR count). The van der Waals surface area contributed by atoms with Gasteiger partial charge in [-0.15, -0.1) is 0 Å². The Balaban J connectivity index is 2.63. The van der Waals surface area contributed by atoms with Crippen molar-refractivity contribution in [3.8, 4) is 0 Å². The third-order valence-electron chi connectivity index (χ3n) is 3.43. The molecule has 5 nitrogen and oxygen atoms in total. The van der Waals surface area contributed by atoms with E-state index in [1.807, 2.05) is 51.1 Å². The van der Waals surface area contributed by atoms with Gasteiger partial charge in [0.25, 0.3) is 0 Å². The van der Waals surface area contributed by atoms with Gasteiger partial charge in [-0.2, -0.15) is 0 Å². The van der Waals surface area contributed by atoms with Crippen molar-refractivity contribution in [1.29, 1.82) is 0 Å². The maximum Gasteiger partial charge on any atom is 0.327 e. The second-order valence-corrected chi connectivity index (χ2v) is 5.35. The van der Waals surface area contributed by atoms with E-state index in [9.17, 15) is 9.59 Å². The molecule has 0 radical (unpaired) electrons. The van der Waals surface area contributed by atoms with Gasteiger partial charge in [0.1, 0.15) is 6.04 Å². The van der Waals surface area contributed by atoms with Crippen LogP contribution in [0.3, 0.4) is 0 Å². The average Bonchev–Trinajstić information content (AvgIpc) is 2.48. The zero-order valence-electron chi connectivity index (χ0n) is 13.1. The topological polar surface area (TPSA) is 67.4 Å². The summed E-state index contributed by atoms with van der Waals surface area (Å²) in [4.78, 5) is 23.7. The molecule has 5 heteroatoms. The van der Waals surface area contributed by atoms with Crippen molar-refractivity contribution in [3.63, 3.8) is 0 Å². The Bertz CT molecular complexity index is 460. The van der Waals surface area contributed by atoms with Gasteiger partial charge in [0.2, 0.25) is 5.91 Å². The van der Waals surface area contributed by atoms with Crippen molar-refractivity contribution in [2.45, 2.75) is 32.9 Å². The number of methoxy groups -OCH3 is 1. The molecule has 2 N–H and O–H groups in total. The van der Waals surface area contributed by atoms with Crippen LogP contribution < -0.4 is 10.6 Å². The molecule has 2 atom stereocenters. The number of rotatable bonds is 7. The molecule has 21 heavy (non-hydrogen) atoms. The summed E-state index contributed by atoms with van der Waals surface area (Å²) in [5, 5.41) is 5.83. The molecule has 0 saturated heterocycles. The highest BCUT2D eigenvalue weighted by molar-refractivity contribution is 5.81. The SMILES string of the molecule is COC(=O)C(NCC(=O)NC(C)C(C)C)c1ccccc1. The minimum atomic E-state index is -0.642. The van der Waals surface area contributed by atoms with Crippen LogP contribution in [0, 0.1) is 5.92 Å². The van der Waals surface area contributed by atoms with Crippen LogP contribution in [-0.4, -0.2) is 31.6 Å². The first-order chi connectivity index (χ1) is 9.95. The van der Waals surface area contributed by atoms with Gasteiger partial charge in [0, 0.05) is 6.04 Å². The number of hydrogen-bond acceptors (Lipinski definition) is 4. The van der Waals surface area contributed by atoms with Crippen LogP contribution in [0.2, 0.25) is 0 Å². The molecule has 1 aromatic rings. The van der Waals surface area contributed by atoms with E-state index in [1.54, 1.807) is 0 Å². The highest BCUT2D eigenvalue weighted by Crippen LogP contribution is 2.13. The number of nitrogens with one attached hydrogen (secondary N) is 2. The van der Waals surface area contributed by atoms with E-state index in [4.69, 9.17) is 4.74 Å². The third-order valence-corrected chi connectivity index (χ3v) is 3.43. The number of carbonyl (C=O) groups is 2. The largest absolute Gasteiger partial charge is 0.468 e. The summed E-state index contributed by atoms with van der Waals surface area (Å²) in [7, 11) is 1.33. The van der Waals surface area contributed by atoms with Crippen LogP contribution >= 0.6 is 0 Å². The fourth-order valence-corrected chi connectivity index (χ4v) is 1.77. The normalized spacial score (nSPS) is 13.6. The second-order valence-electron chi connectivity index (χ2n) is 5.35. The Hall–Kier alpha value is -1.88. The number of amides is 1. The number of benzene rings is 1. The van der Waals surface area contributed by atoms with Crippen molar-refractivity contribution in [2.75, 3.05) is 13.7 Å². The lowest BCUT2D eigenvalue weighted by molar-refractivity contribution is -0.143. The monoisotopic (exact) mass is 292 g/mol. The number of hydrogen-bond donors (Lipinski definition) is 2.